The third-order valence-electron chi connectivity index (χ3n) is 9.19. The van der Waals surface area contributed by atoms with Crippen LogP contribution in [0.3, 0.4) is 0 Å². The first-order chi connectivity index (χ1) is 17.3. The number of nitrogens with zero attached hydrogens (tertiary/aromatic N) is 3. The van der Waals surface area contributed by atoms with Crippen LogP contribution in [-0.4, -0.2) is 44.2 Å². The minimum atomic E-state index is -1.08. The first-order valence-corrected chi connectivity index (χ1v) is 13.6. The molecule has 6 nitrogen and oxygen atoms in total. The maximum atomic E-state index is 14.2. The lowest BCUT2D eigenvalue weighted by atomic mass is 9.55. The van der Waals surface area contributed by atoms with Gasteiger partial charge < -0.3 is 10.0 Å². The third kappa shape index (κ3) is 4.74. The number of aromatic nitrogens is 2. The van der Waals surface area contributed by atoms with E-state index >= 15 is 0 Å². The fraction of sp³-hybridized carbons (Fsp3) is 0.621. The van der Waals surface area contributed by atoms with Crippen LogP contribution in [0.15, 0.2) is 41.5 Å². The van der Waals surface area contributed by atoms with Crippen molar-refractivity contribution in [2.75, 3.05) is 13.1 Å². The highest BCUT2D eigenvalue weighted by Gasteiger charge is 2.57. The number of hydrogen-bond donors (Lipinski definition) is 1. The van der Waals surface area contributed by atoms with Crippen LogP contribution in [0.1, 0.15) is 71.1 Å². The van der Waals surface area contributed by atoms with Gasteiger partial charge in [0.25, 0.3) is 5.56 Å². The van der Waals surface area contributed by atoms with Gasteiger partial charge in [-0.2, -0.15) is 0 Å². The molecule has 1 saturated heterocycles. The van der Waals surface area contributed by atoms with E-state index in [2.05, 4.69) is 11.9 Å². The van der Waals surface area contributed by atoms with Crippen molar-refractivity contribution in [1.82, 2.24) is 14.5 Å². The van der Waals surface area contributed by atoms with Crippen LogP contribution in [0, 0.1) is 23.1 Å². The first-order valence-electron chi connectivity index (χ1n) is 13.6. The molecule has 2 aromatic rings. The Balaban J connectivity index is 1.29. The summed E-state index contributed by atoms with van der Waals surface area (Å²) in [6.45, 7) is 3.25. The van der Waals surface area contributed by atoms with Crippen molar-refractivity contribution in [3.8, 4) is 11.3 Å². The Morgan fingerprint density at radius 2 is 1.92 bits per heavy atom. The van der Waals surface area contributed by atoms with E-state index in [1.807, 2.05) is 4.90 Å². The number of carbonyl (C=O) groups excluding carboxylic acids is 1. The minimum Gasteiger partial charge on any atom is -0.387 e. The molecule has 0 bridgehead atoms. The number of halogens is 1. The Hall–Kier alpha value is -2.54. The van der Waals surface area contributed by atoms with E-state index in [0.717, 1.165) is 25.7 Å². The van der Waals surface area contributed by atoms with E-state index in [4.69, 9.17) is 0 Å². The molecule has 36 heavy (non-hydrogen) atoms. The third-order valence-corrected chi connectivity index (χ3v) is 9.19. The first kappa shape index (κ1) is 25.1. The van der Waals surface area contributed by atoms with Gasteiger partial charge in [0, 0.05) is 36.1 Å². The molecule has 5 rings (SSSR count). The molecule has 1 spiro atoms. The van der Waals surface area contributed by atoms with Crippen LogP contribution in [0.2, 0.25) is 0 Å². The molecule has 2 atom stereocenters. The van der Waals surface area contributed by atoms with Crippen molar-refractivity contribution in [2.24, 2.45) is 17.3 Å². The number of rotatable bonds is 6. The number of benzene rings is 1. The van der Waals surface area contributed by atoms with Gasteiger partial charge in [0.1, 0.15) is 5.82 Å². The van der Waals surface area contributed by atoms with E-state index in [0.29, 0.717) is 25.4 Å². The van der Waals surface area contributed by atoms with Crippen LogP contribution < -0.4 is 5.56 Å². The lowest BCUT2D eigenvalue weighted by Crippen LogP contribution is -2.66. The second-order valence-electron chi connectivity index (χ2n) is 11.5. The molecule has 3 fully saturated rings. The van der Waals surface area contributed by atoms with Crippen molar-refractivity contribution in [1.29, 1.82) is 0 Å². The monoisotopic (exact) mass is 495 g/mol. The average Bonchev–Trinajstić information content (AvgIpc) is 2.85. The summed E-state index contributed by atoms with van der Waals surface area (Å²) >= 11 is 0. The predicted octanol–water partition coefficient (Wildman–Crippen LogP) is 4.79. The Bertz CT molecular complexity index is 1150. The highest BCUT2D eigenvalue weighted by Crippen LogP contribution is 2.54. The fourth-order valence-electron chi connectivity index (χ4n) is 6.82. The summed E-state index contributed by atoms with van der Waals surface area (Å²) in [4.78, 5) is 32.6. The smallest absolute Gasteiger partial charge is 0.253 e. The molecule has 2 aliphatic carbocycles. The van der Waals surface area contributed by atoms with Gasteiger partial charge in [-0.3, -0.25) is 14.2 Å². The Labute approximate surface area is 212 Å². The summed E-state index contributed by atoms with van der Waals surface area (Å²) < 4.78 is 15.6. The molecule has 1 aromatic heterocycles. The van der Waals surface area contributed by atoms with Gasteiger partial charge in [-0.1, -0.05) is 57.6 Å². The van der Waals surface area contributed by atoms with Gasteiger partial charge in [0.2, 0.25) is 5.91 Å². The zero-order valence-electron chi connectivity index (χ0n) is 21.3. The van der Waals surface area contributed by atoms with Gasteiger partial charge in [-0.15, -0.1) is 0 Å². The van der Waals surface area contributed by atoms with Crippen molar-refractivity contribution in [3.05, 3.63) is 52.8 Å². The topological polar surface area (TPSA) is 75.4 Å². The molecule has 1 N–H and O–H groups in total. The van der Waals surface area contributed by atoms with Gasteiger partial charge in [0.15, 0.2) is 0 Å². The van der Waals surface area contributed by atoms with Crippen LogP contribution >= 0.6 is 0 Å². The Morgan fingerprint density at radius 1 is 1.17 bits per heavy atom. The molecule has 0 radical (unpaired) electrons. The molecular formula is C29H38FN3O3. The molecule has 3 aliphatic rings. The molecule has 7 heteroatoms. The van der Waals surface area contributed by atoms with Gasteiger partial charge >= 0.3 is 0 Å². The van der Waals surface area contributed by atoms with Crippen LogP contribution in [-0.2, 0) is 11.3 Å². The second-order valence-corrected chi connectivity index (χ2v) is 11.5. The van der Waals surface area contributed by atoms with E-state index in [1.165, 1.54) is 55.1 Å². The molecular weight excluding hydrogens is 457 g/mol. The zero-order chi connectivity index (χ0) is 25.3. The van der Waals surface area contributed by atoms with E-state index in [-0.39, 0.29) is 35.2 Å². The summed E-state index contributed by atoms with van der Waals surface area (Å²) in [5.41, 5.74) is -1.22. The van der Waals surface area contributed by atoms with E-state index in [1.54, 1.807) is 18.2 Å². The second kappa shape index (κ2) is 10.1. The SMILES string of the molecule is CC(CC1CCCCC1)C(=O)N1CC[C@](O)(Cn2cnc(-c3ccccc3F)cc2=O)C2(CCC2)C1. The summed E-state index contributed by atoms with van der Waals surface area (Å²) in [6.07, 6.45) is 11.9. The molecule has 2 heterocycles. The average molecular weight is 496 g/mol. The van der Waals surface area contributed by atoms with Gasteiger partial charge in [-0.25, -0.2) is 9.37 Å². The molecule has 1 aliphatic heterocycles. The van der Waals surface area contributed by atoms with Crippen molar-refractivity contribution in [3.63, 3.8) is 0 Å². The predicted molar refractivity (Wildman–Crippen MR) is 137 cm³/mol. The molecule has 1 unspecified atom stereocenters. The number of piperidine rings is 1. The normalized spacial score (nSPS) is 24.9. The summed E-state index contributed by atoms with van der Waals surface area (Å²) in [6, 6.07) is 7.58. The number of amides is 1. The van der Waals surface area contributed by atoms with Gasteiger partial charge in [-0.05, 0) is 43.7 Å². The Kier molecular flexibility index (Phi) is 7.03. The number of carbonyl (C=O) groups is 1. The maximum Gasteiger partial charge on any atom is 0.253 e. The number of likely N-dealkylation sites (tertiary alicyclic amines) is 1. The standard InChI is InChI=1S/C29H38FN3O3/c1-21(16-22-8-3-2-4-9-22)27(35)32-15-14-29(36,28(18-32)12-7-13-28)19-33-20-31-25(17-26(33)34)23-10-5-6-11-24(23)30/h5-6,10-11,17,20-22,36H,2-4,7-9,12-16,18-19H2,1H3/t21?,29-/m0/s1. The highest BCUT2D eigenvalue weighted by atomic mass is 19.1. The maximum absolute atomic E-state index is 14.2. The number of hydrogen-bond acceptors (Lipinski definition) is 4. The van der Waals surface area contributed by atoms with Crippen LogP contribution in [0.4, 0.5) is 4.39 Å². The molecule has 194 valence electrons. The lowest BCUT2D eigenvalue weighted by Gasteiger charge is -2.58. The van der Waals surface area contributed by atoms with Gasteiger partial charge in [0.05, 0.1) is 24.2 Å². The summed E-state index contributed by atoms with van der Waals surface area (Å²) in [5, 5.41) is 11.9. The van der Waals surface area contributed by atoms with Crippen LogP contribution in [0.5, 0.6) is 0 Å². The van der Waals surface area contributed by atoms with Crippen molar-refractivity contribution in [2.45, 2.75) is 83.3 Å². The summed E-state index contributed by atoms with van der Waals surface area (Å²) in [7, 11) is 0. The lowest BCUT2D eigenvalue weighted by molar-refractivity contribution is -0.187. The fourth-order valence-corrected chi connectivity index (χ4v) is 6.82. The molecule has 2 saturated carbocycles. The molecule has 1 amide bonds. The van der Waals surface area contributed by atoms with Crippen LogP contribution in [0.25, 0.3) is 11.3 Å². The van der Waals surface area contributed by atoms with Crippen molar-refractivity contribution >= 4 is 5.91 Å². The quantitative estimate of drug-likeness (QED) is 0.625. The largest absolute Gasteiger partial charge is 0.387 e. The summed E-state index contributed by atoms with van der Waals surface area (Å²) in [5.74, 6) is 0.448. The van der Waals surface area contributed by atoms with E-state index < -0.39 is 16.8 Å². The number of aliphatic hydroxyl groups is 1. The minimum absolute atomic E-state index is 0.00849. The highest BCUT2D eigenvalue weighted by molar-refractivity contribution is 5.78. The molecule has 1 aromatic carbocycles. The zero-order valence-corrected chi connectivity index (χ0v) is 21.3. The Morgan fingerprint density at radius 3 is 2.58 bits per heavy atom. The van der Waals surface area contributed by atoms with E-state index in [9.17, 15) is 19.1 Å². The van der Waals surface area contributed by atoms with Crippen molar-refractivity contribution < 1.29 is 14.3 Å².